The molecule has 0 rings (SSSR count). The number of unbranched alkanes of at least 4 members (excludes halogenated alkanes) is 1. The Kier molecular flexibility index (Phi) is 6.52. The van der Waals surface area contributed by atoms with E-state index >= 15 is 0 Å². The van der Waals surface area contributed by atoms with Crippen molar-refractivity contribution in [3.05, 3.63) is 0 Å². The van der Waals surface area contributed by atoms with Crippen molar-refractivity contribution < 1.29 is 27.9 Å². The van der Waals surface area contributed by atoms with Crippen LogP contribution in [0.1, 0.15) is 32.1 Å². The molecule has 0 saturated heterocycles. The molecular formula is C9H14F3NO3. The van der Waals surface area contributed by atoms with Gasteiger partial charge in [0.15, 0.2) is 0 Å². The Morgan fingerprint density at radius 2 is 1.75 bits per heavy atom. The van der Waals surface area contributed by atoms with Crippen molar-refractivity contribution in [3.8, 4) is 0 Å². The summed E-state index contributed by atoms with van der Waals surface area (Å²) in [6.07, 6.45) is -5.19. The van der Waals surface area contributed by atoms with Crippen LogP contribution in [-0.4, -0.2) is 29.7 Å². The molecule has 0 bridgehead atoms. The number of aliphatic carboxylic acids is 1. The highest BCUT2D eigenvalue weighted by Crippen LogP contribution is 2.20. The maximum atomic E-state index is 11.7. The minimum atomic E-state index is -4.32. The van der Waals surface area contributed by atoms with Gasteiger partial charge in [0.2, 0.25) is 5.91 Å². The predicted octanol–water partition coefficient (Wildman–Crippen LogP) is 1.70. The standard InChI is InChI=1S/C9H14F3NO3/c10-9(11,12)5-4-7(14)13-6-2-1-3-8(15)16/h1-6H2,(H,13,14)(H,15,16). The second kappa shape index (κ2) is 7.08. The molecule has 0 aromatic rings. The maximum absolute atomic E-state index is 11.7. The number of hydrogen-bond acceptors (Lipinski definition) is 2. The normalized spacial score (nSPS) is 11.2. The largest absolute Gasteiger partial charge is 0.481 e. The quantitative estimate of drug-likeness (QED) is 0.667. The van der Waals surface area contributed by atoms with E-state index in [2.05, 4.69) is 5.32 Å². The summed E-state index contributed by atoms with van der Waals surface area (Å²) in [6, 6.07) is 0. The first-order chi connectivity index (χ1) is 7.31. The van der Waals surface area contributed by atoms with Gasteiger partial charge in [-0.25, -0.2) is 0 Å². The van der Waals surface area contributed by atoms with E-state index in [9.17, 15) is 22.8 Å². The summed E-state index contributed by atoms with van der Waals surface area (Å²) in [6.45, 7) is 0.212. The van der Waals surface area contributed by atoms with Gasteiger partial charge in [0, 0.05) is 19.4 Å². The van der Waals surface area contributed by atoms with E-state index < -0.39 is 30.9 Å². The molecule has 0 aromatic carbocycles. The van der Waals surface area contributed by atoms with Crippen LogP contribution in [0.15, 0.2) is 0 Å². The van der Waals surface area contributed by atoms with Crippen LogP contribution in [0.2, 0.25) is 0 Å². The van der Waals surface area contributed by atoms with Gasteiger partial charge in [-0.2, -0.15) is 13.2 Å². The lowest BCUT2D eigenvalue weighted by Gasteiger charge is -2.06. The first-order valence-electron chi connectivity index (χ1n) is 4.86. The zero-order valence-electron chi connectivity index (χ0n) is 8.64. The number of carboxylic acids is 1. The second-order valence-electron chi connectivity index (χ2n) is 3.32. The van der Waals surface area contributed by atoms with Gasteiger partial charge in [-0.3, -0.25) is 9.59 Å². The predicted molar refractivity (Wildman–Crippen MR) is 49.8 cm³/mol. The Morgan fingerprint density at radius 3 is 2.25 bits per heavy atom. The third kappa shape index (κ3) is 10.8. The molecule has 16 heavy (non-hydrogen) atoms. The van der Waals surface area contributed by atoms with Crippen LogP contribution in [0.5, 0.6) is 0 Å². The minimum Gasteiger partial charge on any atom is -0.481 e. The SMILES string of the molecule is O=C(O)CCCCNC(=O)CCC(F)(F)F. The average molecular weight is 241 g/mol. The molecule has 0 unspecified atom stereocenters. The van der Waals surface area contributed by atoms with Gasteiger partial charge < -0.3 is 10.4 Å². The molecule has 0 aliphatic heterocycles. The van der Waals surface area contributed by atoms with Gasteiger partial charge >= 0.3 is 12.1 Å². The summed E-state index contributed by atoms with van der Waals surface area (Å²) in [7, 11) is 0. The van der Waals surface area contributed by atoms with Crippen molar-refractivity contribution >= 4 is 11.9 Å². The Hall–Kier alpha value is -1.27. The summed E-state index contributed by atoms with van der Waals surface area (Å²) in [5, 5.41) is 10.6. The lowest BCUT2D eigenvalue weighted by molar-refractivity contribution is -0.144. The topological polar surface area (TPSA) is 66.4 Å². The van der Waals surface area contributed by atoms with Gasteiger partial charge in [0.1, 0.15) is 0 Å². The molecule has 0 fully saturated rings. The maximum Gasteiger partial charge on any atom is 0.389 e. The van der Waals surface area contributed by atoms with E-state index in [4.69, 9.17) is 5.11 Å². The third-order valence-electron chi connectivity index (χ3n) is 1.78. The van der Waals surface area contributed by atoms with Gasteiger partial charge in [-0.1, -0.05) is 0 Å². The molecular weight excluding hydrogens is 227 g/mol. The van der Waals surface area contributed by atoms with Crippen LogP contribution in [0.3, 0.4) is 0 Å². The average Bonchev–Trinajstić information content (AvgIpc) is 2.12. The van der Waals surface area contributed by atoms with Crippen LogP contribution in [0.4, 0.5) is 13.2 Å². The van der Waals surface area contributed by atoms with Gasteiger partial charge in [-0.05, 0) is 12.8 Å². The van der Waals surface area contributed by atoms with Crippen LogP contribution < -0.4 is 5.32 Å². The van der Waals surface area contributed by atoms with Crippen molar-refractivity contribution in [2.75, 3.05) is 6.54 Å². The summed E-state index contributed by atoms with van der Waals surface area (Å²) in [5.74, 6) is -1.59. The first-order valence-corrected chi connectivity index (χ1v) is 4.86. The molecule has 94 valence electrons. The molecule has 7 heteroatoms. The molecule has 0 atom stereocenters. The number of carboxylic acid groups (broad SMARTS) is 1. The molecule has 1 amide bonds. The second-order valence-corrected chi connectivity index (χ2v) is 3.32. The fraction of sp³-hybridized carbons (Fsp3) is 0.778. The van der Waals surface area contributed by atoms with Crippen molar-refractivity contribution in [2.45, 2.75) is 38.3 Å². The van der Waals surface area contributed by atoms with Crippen LogP contribution in [-0.2, 0) is 9.59 Å². The Balaban J connectivity index is 3.41. The van der Waals surface area contributed by atoms with Gasteiger partial charge in [0.25, 0.3) is 0 Å². The monoisotopic (exact) mass is 241 g/mol. The number of halogens is 3. The van der Waals surface area contributed by atoms with Gasteiger partial charge in [-0.15, -0.1) is 0 Å². The van der Waals surface area contributed by atoms with E-state index in [0.29, 0.717) is 12.8 Å². The number of hydrogen-bond donors (Lipinski definition) is 2. The molecule has 0 aliphatic rings. The molecule has 0 aliphatic carbocycles. The van der Waals surface area contributed by atoms with Gasteiger partial charge in [0.05, 0.1) is 6.42 Å². The Morgan fingerprint density at radius 1 is 1.12 bits per heavy atom. The lowest BCUT2D eigenvalue weighted by Crippen LogP contribution is -2.26. The Bertz CT molecular complexity index is 241. The molecule has 0 aromatic heterocycles. The number of amides is 1. The fourth-order valence-corrected chi connectivity index (χ4v) is 0.973. The van der Waals surface area contributed by atoms with Crippen LogP contribution in [0, 0.1) is 0 Å². The van der Waals surface area contributed by atoms with Crippen molar-refractivity contribution in [1.29, 1.82) is 0 Å². The number of carbonyl (C=O) groups is 2. The van der Waals surface area contributed by atoms with Crippen LogP contribution in [0.25, 0.3) is 0 Å². The lowest BCUT2D eigenvalue weighted by atomic mass is 10.2. The van der Waals surface area contributed by atoms with Crippen molar-refractivity contribution in [3.63, 3.8) is 0 Å². The van der Waals surface area contributed by atoms with E-state index in [1.54, 1.807) is 0 Å². The first kappa shape index (κ1) is 14.7. The highest BCUT2D eigenvalue weighted by molar-refractivity contribution is 5.75. The van der Waals surface area contributed by atoms with Crippen LogP contribution >= 0.6 is 0 Å². The molecule has 0 spiro atoms. The molecule has 2 N–H and O–H groups in total. The number of rotatable bonds is 7. The zero-order valence-corrected chi connectivity index (χ0v) is 8.64. The van der Waals surface area contributed by atoms with E-state index in [1.165, 1.54) is 0 Å². The summed E-state index contributed by atoms with van der Waals surface area (Å²) in [5.41, 5.74) is 0. The number of nitrogens with one attached hydrogen (secondary N) is 1. The summed E-state index contributed by atoms with van der Waals surface area (Å²) < 4.78 is 35.1. The fourth-order valence-electron chi connectivity index (χ4n) is 0.973. The van der Waals surface area contributed by atoms with E-state index in [1.807, 2.05) is 0 Å². The highest BCUT2D eigenvalue weighted by Gasteiger charge is 2.27. The zero-order chi connectivity index (χ0) is 12.6. The highest BCUT2D eigenvalue weighted by atomic mass is 19.4. The Labute approximate surface area is 90.8 Å². The minimum absolute atomic E-state index is 0.00157. The van der Waals surface area contributed by atoms with E-state index in [0.717, 1.165) is 0 Å². The smallest absolute Gasteiger partial charge is 0.389 e. The molecule has 0 heterocycles. The molecule has 0 radical (unpaired) electrons. The molecule has 4 nitrogen and oxygen atoms in total. The number of alkyl halides is 3. The van der Waals surface area contributed by atoms with Crippen molar-refractivity contribution in [2.24, 2.45) is 0 Å². The molecule has 0 saturated carbocycles. The number of carbonyl (C=O) groups excluding carboxylic acids is 1. The summed E-state index contributed by atoms with van der Waals surface area (Å²) in [4.78, 5) is 21.0. The van der Waals surface area contributed by atoms with Crippen molar-refractivity contribution in [1.82, 2.24) is 5.32 Å². The third-order valence-corrected chi connectivity index (χ3v) is 1.78. The van der Waals surface area contributed by atoms with E-state index in [-0.39, 0.29) is 13.0 Å². The summed E-state index contributed by atoms with van der Waals surface area (Å²) >= 11 is 0.